The smallest absolute Gasteiger partial charge is 0.343 e. The van der Waals surface area contributed by atoms with Crippen molar-refractivity contribution in [3.63, 3.8) is 0 Å². The first-order chi connectivity index (χ1) is 13.4. The molecule has 0 saturated heterocycles. The molecule has 2 aromatic carbocycles. The van der Waals surface area contributed by atoms with E-state index in [1.165, 1.54) is 0 Å². The standard InChI is InChI=1S/C24H26O4/c1-4-18-7-11-20(12-8-18)24(26)28-22-14-17(3)13-21(15-22)27-23(25)19-9-5-16(2)6-10-19/h4,7-8,11-16,19H,1,5-6,9-10H2,2-3H3. The molecular weight excluding hydrogens is 352 g/mol. The van der Waals surface area contributed by atoms with Gasteiger partial charge in [0, 0.05) is 6.07 Å². The first kappa shape index (κ1) is 19.9. The van der Waals surface area contributed by atoms with Gasteiger partial charge in [0.15, 0.2) is 0 Å². The third-order valence-corrected chi connectivity index (χ3v) is 5.18. The van der Waals surface area contributed by atoms with Crippen molar-refractivity contribution < 1.29 is 19.1 Å². The fraction of sp³-hybridized carbons (Fsp3) is 0.333. The van der Waals surface area contributed by atoms with Crippen LogP contribution < -0.4 is 9.47 Å². The highest BCUT2D eigenvalue weighted by Gasteiger charge is 2.26. The molecule has 1 saturated carbocycles. The van der Waals surface area contributed by atoms with E-state index < -0.39 is 5.97 Å². The second-order valence-electron chi connectivity index (χ2n) is 7.58. The Kier molecular flexibility index (Phi) is 6.30. The van der Waals surface area contributed by atoms with E-state index in [-0.39, 0.29) is 11.9 Å². The van der Waals surface area contributed by atoms with Gasteiger partial charge in [-0.25, -0.2) is 4.79 Å². The van der Waals surface area contributed by atoms with Crippen molar-refractivity contribution in [3.05, 3.63) is 65.7 Å². The Hall–Kier alpha value is -2.88. The van der Waals surface area contributed by atoms with Gasteiger partial charge in [0.1, 0.15) is 11.5 Å². The van der Waals surface area contributed by atoms with Gasteiger partial charge in [0.05, 0.1) is 11.5 Å². The van der Waals surface area contributed by atoms with Gasteiger partial charge in [-0.1, -0.05) is 31.7 Å². The normalized spacial score (nSPS) is 18.9. The Morgan fingerprint density at radius 3 is 2.18 bits per heavy atom. The molecule has 0 aliphatic heterocycles. The van der Waals surface area contributed by atoms with E-state index in [2.05, 4.69) is 13.5 Å². The number of ether oxygens (including phenoxy) is 2. The van der Waals surface area contributed by atoms with Gasteiger partial charge in [0.2, 0.25) is 0 Å². The molecule has 0 spiro atoms. The first-order valence-corrected chi connectivity index (χ1v) is 9.72. The van der Waals surface area contributed by atoms with Crippen molar-refractivity contribution in [1.82, 2.24) is 0 Å². The molecule has 4 heteroatoms. The van der Waals surface area contributed by atoms with Crippen molar-refractivity contribution in [2.75, 3.05) is 0 Å². The molecule has 0 aromatic heterocycles. The highest BCUT2D eigenvalue weighted by molar-refractivity contribution is 5.91. The summed E-state index contributed by atoms with van der Waals surface area (Å²) in [5.74, 6) is 0.738. The summed E-state index contributed by atoms with van der Waals surface area (Å²) in [5, 5.41) is 0. The molecule has 0 unspecified atom stereocenters. The number of benzene rings is 2. The lowest BCUT2D eigenvalue weighted by atomic mass is 9.83. The summed E-state index contributed by atoms with van der Waals surface area (Å²) in [4.78, 5) is 24.8. The zero-order valence-electron chi connectivity index (χ0n) is 16.4. The number of hydrogen-bond acceptors (Lipinski definition) is 4. The van der Waals surface area contributed by atoms with Gasteiger partial charge in [-0.3, -0.25) is 4.79 Å². The minimum absolute atomic E-state index is 0.0499. The quantitative estimate of drug-likeness (QED) is 0.503. The highest BCUT2D eigenvalue weighted by atomic mass is 16.5. The molecule has 0 heterocycles. The van der Waals surface area contributed by atoms with Crippen LogP contribution in [0.25, 0.3) is 6.08 Å². The molecule has 0 bridgehead atoms. The van der Waals surface area contributed by atoms with E-state index >= 15 is 0 Å². The molecule has 28 heavy (non-hydrogen) atoms. The summed E-state index contributed by atoms with van der Waals surface area (Å²) < 4.78 is 11.1. The summed E-state index contributed by atoms with van der Waals surface area (Å²) in [6.07, 6.45) is 5.56. The van der Waals surface area contributed by atoms with Crippen LogP contribution in [0.2, 0.25) is 0 Å². The minimum atomic E-state index is -0.459. The van der Waals surface area contributed by atoms with Gasteiger partial charge >= 0.3 is 11.9 Å². The summed E-state index contributed by atoms with van der Waals surface area (Å²) in [6, 6.07) is 12.1. The molecule has 0 amide bonds. The maximum Gasteiger partial charge on any atom is 0.343 e. The van der Waals surface area contributed by atoms with Crippen molar-refractivity contribution >= 4 is 18.0 Å². The monoisotopic (exact) mass is 378 g/mol. The van der Waals surface area contributed by atoms with Gasteiger partial charge in [-0.15, -0.1) is 0 Å². The zero-order valence-corrected chi connectivity index (χ0v) is 16.4. The van der Waals surface area contributed by atoms with Crippen molar-refractivity contribution in [2.24, 2.45) is 11.8 Å². The summed E-state index contributed by atoms with van der Waals surface area (Å²) in [5.41, 5.74) is 2.23. The average Bonchev–Trinajstić information content (AvgIpc) is 2.68. The van der Waals surface area contributed by atoms with E-state index in [0.717, 1.165) is 36.8 Å². The van der Waals surface area contributed by atoms with E-state index in [4.69, 9.17) is 9.47 Å². The fourth-order valence-electron chi connectivity index (χ4n) is 3.45. The lowest BCUT2D eigenvalue weighted by Crippen LogP contribution is -2.25. The number of rotatable bonds is 5. The minimum Gasteiger partial charge on any atom is -0.426 e. The maximum absolute atomic E-state index is 12.5. The van der Waals surface area contributed by atoms with Crippen LogP contribution in [-0.4, -0.2) is 11.9 Å². The number of carbonyl (C=O) groups is 2. The van der Waals surface area contributed by atoms with Crippen molar-refractivity contribution in [2.45, 2.75) is 39.5 Å². The molecule has 1 fully saturated rings. The largest absolute Gasteiger partial charge is 0.426 e. The van der Waals surface area contributed by atoms with Gasteiger partial charge in [0.25, 0.3) is 0 Å². The van der Waals surface area contributed by atoms with Crippen LogP contribution in [0.15, 0.2) is 49.0 Å². The predicted octanol–water partition coefficient (Wildman–Crippen LogP) is 5.59. The van der Waals surface area contributed by atoms with Crippen LogP contribution in [0.5, 0.6) is 11.5 Å². The molecule has 3 rings (SSSR count). The van der Waals surface area contributed by atoms with E-state index in [1.807, 2.05) is 6.92 Å². The second kappa shape index (κ2) is 8.87. The van der Waals surface area contributed by atoms with E-state index in [1.54, 1.807) is 48.5 Å². The summed E-state index contributed by atoms with van der Waals surface area (Å²) in [6.45, 7) is 7.78. The SMILES string of the molecule is C=Cc1ccc(C(=O)Oc2cc(C)cc(OC(=O)C3CCC(C)CC3)c2)cc1. The highest BCUT2D eigenvalue weighted by Crippen LogP contribution is 2.30. The van der Waals surface area contributed by atoms with Crippen LogP contribution in [0.1, 0.15) is 54.1 Å². The number of hydrogen-bond donors (Lipinski definition) is 0. The van der Waals surface area contributed by atoms with Crippen LogP contribution in [0.3, 0.4) is 0 Å². The van der Waals surface area contributed by atoms with Crippen molar-refractivity contribution in [3.8, 4) is 11.5 Å². The Bertz CT molecular complexity index is 859. The van der Waals surface area contributed by atoms with E-state index in [0.29, 0.717) is 23.0 Å². The van der Waals surface area contributed by atoms with E-state index in [9.17, 15) is 9.59 Å². The fourth-order valence-corrected chi connectivity index (χ4v) is 3.45. The maximum atomic E-state index is 12.5. The van der Waals surface area contributed by atoms with Gasteiger partial charge in [-0.05, 0) is 73.9 Å². The molecule has 4 nitrogen and oxygen atoms in total. The Morgan fingerprint density at radius 2 is 1.57 bits per heavy atom. The van der Waals surface area contributed by atoms with Crippen LogP contribution in [0, 0.1) is 18.8 Å². The molecule has 146 valence electrons. The first-order valence-electron chi connectivity index (χ1n) is 9.72. The lowest BCUT2D eigenvalue weighted by Gasteiger charge is -2.24. The summed E-state index contributed by atoms with van der Waals surface area (Å²) in [7, 11) is 0. The Labute approximate surface area is 166 Å². The third kappa shape index (κ3) is 5.10. The summed E-state index contributed by atoms with van der Waals surface area (Å²) >= 11 is 0. The van der Waals surface area contributed by atoms with Crippen LogP contribution in [-0.2, 0) is 4.79 Å². The topological polar surface area (TPSA) is 52.6 Å². The number of carbonyl (C=O) groups excluding carboxylic acids is 2. The van der Waals surface area contributed by atoms with Crippen LogP contribution >= 0.6 is 0 Å². The average molecular weight is 378 g/mol. The molecular formula is C24H26O4. The molecule has 0 radical (unpaired) electrons. The molecule has 1 aliphatic rings. The predicted molar refractivity (Wildman–Crippen MR) is 109 cm³/mol. The lowest BCUT2D eigenvalue weighted by molar-refractivity contribution is -0.140. The number of aryl methyl sites for hydroxylation is 1. The Morgan fingerprint density at radius 1 is 0.964 bits per heavy atom. The van der Waals surface area contributed by atoms with Crippen molar-refractivity contribution in [1.29, 1.82) is 0 Å². The zero-order chi connectivity index (χ0) is 20.1. The molecule has 0 N–H and O–H groups in total. The molecule has 2 aromatic rings. The number of esters is 2. The van der Waals surface area contributed by atoms with Crippen LogP contribution in [0.4, 0.5) is 0 Å². The van der Waals surface area contributed by atoms with Gasteiger partial charge in [-0.2, -0.15) is 0 Å². The third-order valence-electron chi connectivity index (χ3n) is 5.18. The Balaban J connectivity index is 1.67. The molecule has 1 aliphatic carbocycles. The van der Waals surface area contributed by atoms with Gasteiger partial charge < -0.3 is 9.47 Å². The molecule has 0 atom stereocenters. The second-order valence-corrected chi connectivity index (χ2v) is 7.58.